The minimum Gasteiger partial charge on any atom is -0.289 e. The lowest BCUT2D eigenvalue weighted by Crippen LogP contribution is -2.17. The van der Waals surface area contributed by atoms with Crippen molar-refractivity contribution in [3.63, 3.8) is 0 Å². The molecular weight excluding hydrogens is 340 g/mol. The Bertz CT molecular complexity index is 766. The number of aryl methyl sites for hydroxylation is 2. The van der Waals surface area contributed by atoms with Crippen LogP contribution >= 0.6 is 0 Å². The van der Waals surface area contributed by atoms with Crippen molar-refractivity contribution in [2.45, 2.75) is 89.9 Å². The number of hydrogen-bond acceptors (Lipinski definition) is 1. The fourth-order valence-electron chi connectivity index (χ4n) is 5.77. The lowest BCUT2D eigenvalue weighted by atomic mass is 9.76. The highest BCUT2D eigenvalue weighted by Gasteiger charge is 2.27. The van der Waals surface area contributed by atoms with Gasteiger partial charge in [0.05, 0.1) is 0 Å². The van der Waals surface area contributed by atoms with Gasteiger partial charge < -0.3 is 0 Å². The molecule has 0 saturated heterocycles. The van der Waals surface area contributed by atoms with E-state index in [2.05, 4.69) is 50.2 Å². The van der Waals surface area contributed by atoms with E-state index in [1.54, 1.807) is 0 Å². The molecule has 0 spiro atoms. The quantitative estimate of drug-likeness (QED) is 0.503. The number of carbonyl (C=O) groups excluding carboxylic acids is 1. The molecule has 0 radical (unpaired) electrons. The maximum absolute atomic E-state index is 13.9. The van der Waals surface area contributed by atoms with E-state index >= 15 is 0 Å². The fourth-order valence-corrected chi connectivity index (χ4v) is 5.77. The minimum absolute atomic E-state index is 0.258. The highest BCUT2D eigenvalue weighted by atomic mass is 16.1. The molecule has 148 valence electrons. The molecular formula is C27H34O. The molecule has 0 bridgehead atoms. The molecule has 1 nitrogen and oxygen atoms in total. The van der Waals surface area contributed by atoms with Crippen LogP contribution in [0.3, 0.4) is 0 Å². The minimum atomic E-state index is 0.258. The summed E-state index contributed by atoms with van der Waals surface area (Å²) < 4.78 is 0. The molecule has 0 aromatic heterocycles. The Morgan fingerprint density at radius 1 is 0.643 bits per heavy atom. The van der Waals surface area contributed by atoms with Gasteiger partial charge in [0.1, 0.15) is 0 Å². The molecule has 0 amide bonds. The Labute approximate surface area is 170 Å². The number of hydrogen-bond donors (Lipinski definition) is 0. The van der Waals surface area contributed by atoms with Crippen LogP contribution in [0.1, 0.15) is 114 Å². The Balaban J connectivity index is 1.77. The van der Waals surface area contributed by atoms with Crippen LogP contribution in [0.25, 0.3) is 0 Å². The summed E-state index contributed by atoms with van der Waals surface area (Å²) >= 11 is 0. The predicted octanol–water partition coefficient (Wildman–Crippen LogP) is 7.63. The first-order valence-electron chi connectivity index (χ1n) is 11.4. The Morgan fingerprint density at radius 2 is 1.04 bits per heavy atom. The van der Waals surface area contributed by atoms with E-state index in [0.717, 1.165) is 11.1 Å². The molecule has 2 saturated carbocycles. The van der Waals surface area contributed by atoms with Crippen LogP contribution < -0.4 is 0 Å². The van der Waals surface area contributed by atoms with E-state index in [4.69, 9.17) is 0 Å². The van der Waals surface area contributed by atoms with E-state index in [1.807, 2.05) is 0 Å². The van der Waals surface area contributed by atoms with Crippen molar-refractivity contribution in [1.82, 2.24) is 0 Å². The Morgan fingerprint density at radius 3 is 1.43 bits per heavy atom. The van der Waals surface area contributed by atoms with Crippen molar-refractivity contribution in [2.24, 2.45) is 0 Å². The fraction of sp³-hybridized carbons (Fsp3) is 0.519. The second-order valence-corrected chi connectivity index (χ2v) is 9.07. The van der Waals surface area contributed by atoms with Crippen molar-refractivity contribution >= 4 is 5.78 Å². The van der Waals surface area contributed by atoms with Crippen molar-refractivity contribution in [1.29, 1.82) is 0 Å². The Kier molecular flexibility index (Phi) is 5.99. The molecule has 0 aliphatic heterocycles. The van der Waals surface area contributed by atoms with Gasteiger partial charge in [-0.2, -0.15) is 0 Å². The van der Waals surface area contributed by atoms with Crippen molar-refractivity contribution in [2.75, 3.05) is 0 Å². The van der Waals surface area contributed by atoms with E-state index in [1.165, 1.54) is 86.5 Å². The van der Waals surface area contributed by atoms with E-state index < -0.39 is 0 Å². The van der Waals surface area contributed by atoms with Gasteiger partial charge in [0, 0.05) is 11.1 Å². The topological polar surface area (TPSA) is 17.1 Å². The molecule has 2 aliphatic rings. The van der Waals surface area contributed by atoms with Crippen LogP contribution in [0.4, 0.5) is 0 Å². The molecule has 0 heterocycles. The average molecular weight is 375 g/mol. The highest BCUT2D eigenvalue weighted by molar-refractivity contribution is 6.11. The summed E-state index contributed by atoms with van der Waals surface area (Å²) in [5.74, 6) is 1.36. The van der Waals surface area contributed by atoms with Gasteiger partial charge in [0.2, 0.25) is 0 Å². The van der Waals surface area contributed by atoms with Crippen LogP contribution in [0.5, 0.6) is 0 Å². The largest absolute Gasteiger partial charge is 0.289 e. The second kappa shape index (κ2) is 8.64. The highest BCUT2D eigenvalue weighted by Crippen LogP contribution is 2.40. The standard InChI is InChI=1S/C27H34O/c1-19-11-9-17-23(25(19)21-13-5-3-6-14-21)27(28)24-18-10-12-20(2)26(24)22-15-7-4-8-16-22/h9-12,17-18,21-22H,3-8,13-16H2,1-2H3. The lowest BCUT2D eigenvalue weighted by molar-refractivity contribution is 0.103. The van der Waals surface area contributed by atoms with Gasteiger partial charge in [-0.15, -0.1) is 0 Å². The second-order valence-electron chi connectivity index (χ2n) is 9.07. The molecule has 2 aromatic rings. The molecule has 0 N–H and O–H groups in total. The molecule has 28 heavy (non-hydrogen) atoms. The maximum Gasteiger partial charge on any atom is 0.193 e. The molecule has 2 aliphatic carbocycles. The smallest absolute Gasteiger partial charge is 0.193 e. The summed E-state index contributed by atoms with van der Waals surface area (Å²) in [6, 6.07) is 12.7. The van der Waals surface area contributed by atoms with Gasteiger partial charge >= 0.3 is 0 Å². The van der Waals surface area contributed by atoms with Gasteiger partial charge in [-0.1, -0.05) is 74.9 Å². The third-order valence-corrected chi connectivity index (χ3v) is 7.16. The number of benzene rings is 2. The van der Waals surface area contributed by atoms with E-state index in [9.17, 15) is 4.79 Å². The van der Waals surface area contributed by atoms with Crippen LogP contribution in [0.2, 0.25) is 0 Å². The van der Waals surface area contributed by atoms with E-state index in [-0.39, 0.29) is 5.78 Å². The average Bonchev–Trinajstić information content (AvgIpc) is 2.74. The first-order valence-corrected chi connectivity index (χ1v) is 11.4. The first-order chi connectivity index (χ1) is 13.7. The van der Waals surface area contributed by atoms with Crippen LogP contribution in [0.15, 0.2) is 36.4 Å². The first kappa shape index (κ1) is 19.4. The van der Waals surface area contributed by atoms with Gasteiger partial charge in [-0.3, -0.25) is 4.79 Å². The SMILES string of the molecule is Cc1cccc(C(=O)c2cccc(C)c2C2CCCCC2)c1C1CCCCC1. The number of ketones is 1. The van der Waals surface area contributed by atoms with Crippen LogP contribution in [0, 0.1) is 13.8 Å². The Hall–Kier alpha value is -1.89. The zero-order chi connectivity index (χ0) is 19.5. The summed E-state index contributed by atoms with van der Waals surface area (Å²) in [5, 5.41) is 0. The molecule has 2 aromatic carbocycles. The predicted molar refractivity (Wildman–Crippen MR) is 117 cm³/mol. The van der Waals surface area contributed by atoms with Crippen molar-refractivity contribution in [3.8, 4) is 0 Å². The zero-order valence-electron chi connectivity index (χ0n) is 17.6. The van der Waals surface area contributed by atoms with Gasteiger partial charge in [-0.05, 0) is 73.6 Å². The third kappa shape index (κ3) is 3.81. The number of carbonyl (C=O) groups is 1. The molecule has 0 atom stereocenters. The molecule has 1 heteroatoms. The third-order valence-electron chi connectivity index (χ3n) is 7.16. The van der Waals surface area contributed by atoms with Crippen LogP contribution in [-0.2, 0) is 0 Å². The van der Waals surface area contributed by atoms with Crippen LogP contribution in [-0.4, -0.2) is 5.78 Å². The summed E-state index contributed by atoms with van der Waals surface area (Å²) in [5.41, 5.74) is 7.20. The van der Waals surface area contributed by atoms with Crippen molar-refractivity contribution < 1.29 is 4.79 Å². The summed E-state index contributed by atoms with van der Waals surface area (Å²) in [6.07, 6.45) is 12.8. The normalized spacial score (nSPS) is 18.9. The summed E-state index contributed by atoms with van der Waals surface area (Å²) in [4.78, 5) is 13.9. The summed E-state index contributed by atoms with van der Waals surface area (Å²) in [6.45, 7) is 4.39. The van der Waals surface area contributed by atoms with Gasteiger partial charge in [0.25, 0.3) is 0 Å². The monoisotopic (exact) mass is 374 g/mol. The molecule has 0 unspecified atom stereocenters. The van der Waals surface area contributed by atoms with Crippen molar-refractivity contribution in [3.05, 3.63) is 69.8 Å². The maximum atomic E-state index is 13.9. The summed E-state index contributed by atoms with van der Waals surface area (Å²) in [7, 11) is 0. The molecule has 4 rings (SSSR count). The van der Waals surface area contributed by atoms with Gasteiger partial charge in [0.15, 0.2) is 5.78 Å². The van der Waals surface area contributed by atoms with E-state index in [0.29, 0.717) is 11.8 Å². The number of rotatable bonds is 4. The molecule has 2 fully saturated rings. The lowest BCUT2D eigenvalue weighted by Gasteiger charge is -2.28. The zero-order valence-corrected chi connectivity index (χ0v) is 17.6. The van der Waals surface area contributed by atoms with Gasteiger partial charge in [-0.25, -0.2) is 0 Å².